The Morgan fingerprint density at radius 3 is 2.74 bits per heavy atom. The van der Waals surface area contributed by atoms with Gasteiger partial charge in [-0.1, -0.05) is 15.9 Å². The van der Waals surface area contributed by atoms with Crippen molar-refractivity contribution in [3.8, 4) is 0 Å². The Morgan fingerprint density at radius 2 is 2.11 bits per heavy atom. The van der Waals surface area contributed by atoms with Crippen LogP contribution in [0.2, 0.25) is 0 Å². The van der Waals surface area contributed by atoms with Gasteiger partial charge in [0, 0.05) is 10.7 Å². The average Bonchev–Trinajstić information content (AvgIpc) is 2.30. The molecule has 6 heteroatoms. The van der Waals surface area contributed by atoms with Crippen LogP contribution in [-0.2, 0) is 6.54 Å². The molecule has 0 saturated heterocycles. The highest BCUT2D eigenvalue weighted by Crippen LogP contribution is 2.15. The molecule has 0 atom stereocenters. The first-order valence-electron chi connectivity index (χ1n) is 5.35. The fourth-order valence-corrected chi connectivity index (χ4v) is 2.24. The molecule has 0 aliphatic rings. The number of benzene rings is 1. The fraction of sp³-hybridized carbons (Fsp3) is 0.0769. The zero-order valence-electron chi connectivity index (χ0n) is 9.64. The minimum Gasteiger partial charge on any atom is -0.477 e. The van der Waals surface area contributed by atoms with Crippen molar-refractivity contribution in [3.63, 3.8) is 0 Å². The summed E-state index contributed by atoms with van der Waals surface area (Å²) in [5.41, 5.74) is -0.357. The van der Waals surface area contributed by atoms with Crippen LogP contribution in [0, 0.1) is 5.82 Å². The summed E-state index contributed by atoms with van der Waals surface area (Å²) < 4.78 is 15.0. The molecule has 0 bridgehead atoms. The number of nitrogens with zero attached hydrogens (tertiary/aromatic N) is 1. The Labute approximate surface area is 116 Å². The zero-order chi connectivity index (χ0) is 14.0. The van der Waals surface area contributed by atoms with Gasteiger partial charge in [-0.05, 0) is 35.9 Å². The van der Waals surface area contributed by atoms with Gasteiger partial charge >= 0.3 is 5.97 Å². The second-order valence-corrected chi connectivity index (χ2v) is 4.85. The molecule has 0 amide bonds. The lowest BCUT2D eigenvalue weighted by Crippen LogP contribution is -2.26. The second kappa shape index (κ2) is 5.36. The minimum atomic E-state index is -1.28. The Kier molecular flexibility index (Phi) is 3.80. The molecule has 1 aromatic carbocycles. The van der Waals surface area contributed by atoms with E-state index >= 15 is 0 Å². The maximum absolute atomic E-state index is 13.2. The molecule has 4 nitrogen and oxygen atoms in total. The highest BCUT2D eigenvalue weighted by molar-refractivity contribution is 9.10. The fourth-order valence-electron chi connectivity index (χ4n) is 1.72. The summed E-state index contributed by atoms with van der Waals surface area (Å²) in [7, 11) is 0. The number of pyridine rings is 1. The van der Waals surface area contributed by atoms with Crippen LogP contribution in [0.4, 0.5) is 4.39 Å². The number of aromatic carboxylic acids is 1. The van der Waals surface area contributed by atoms with Crippen LogP contribution in [0.15, 0.2) is 45.8 Å². The van der Waals surface area contributed by atoms with Gasteiger partial charge in [0.25, 0.3) is 5.56 Å². The largest absolute Gasteiger partial charge is 0.477 e. The van der Waals surface area contributed by atoms with E-state index in [0.717, 1.165) is 0 Å². The molecule has 0 saturated carbocycles. The van der Waals surface area contributed by atoms with E-state index in [4.69, 9.17) is 5.11 Å². The van der Waals surface area contributed by atoms with E-state index in [1.54, 1.807) is 6.07 Å². The first-order chi connectivity index (χ1) is 8.97. The molecular weight excluding hydrogens is 317 g/mol. The molecule has 98 valence electrons. The van der Waals surface area contributed by atoms with Crippen LogP contribution in [-0.4, -0.2) is 15.6 Å². The highest BCUT2D eigenvalue weighted by atomic mass is 79.9. The Morgan fingerprint density at radius 1 is 1.37 bits per heavy atom. The first-order valence-corrected chi connectivity index (χ1v) is 6.14. The summed E-state index contributed by atoms with van der Waals surface area (Å²) in [6.45, 7) is 0.107. The third kappa shape index (κ3) is 3.08. The minimum absolute atomic E-state index is 0.107. The summed E-state index contributed by atoms with van der Waals surface area (Å²) in [4.78, 5) is 22.7. The molecule has 1 N–H and O–H groups in total. The van der Waals surface area contributed by atoms with Gasteiger partial charge in [-0.25, -0.2) is 9.18 Å². The van der Waals surface area contributed by atoms with Crippen molar-refractivity contribution < 1.29 is 14.3 Å². The van der Waals surface area contributed by atoms with Gasteiger partial charge in [0.1, 0.15) is 11.4 Å². The van der Waals surface area contributed by atoms with Crippen LogP contribution in [0.25, 0.3) is 0 Å². The van der Waals surface area contributed by atoms with Crippen molar-refractivity contribution in [1.82, 2.24) is 4.57 Å². The normalized spacial score (nSPS) is 10.4. The third-order valence-electron chi connectivity index (χ3n) is 2.53. The van der Waals surface area contributed by atoms with Gasteiger partial charge in [0.2, 0.25) is 0 Å². The molecule has 0 radical (unpaired) electrons. The van der Waals surface area contributed by atoms with Gasteiger partial charge in [0.15, 0.2) is 0 Å². The third-order valence-corrected chi connectivity index (χ3v) is 2.98. The lowest BCUT2D eigenvalue weighted by molar-refractivity contribution is 0.0694. The predicted molar refractivity (Wildman–Crippen MR) is 70.9 cm³/mol. The van der Waals surface area contributed by atoms with Crippen LogP contribution in [0.5, 0.6) is 0 Å². The van der Waals surface area contributed by atoms with Crippen LogP contribution >= 0.6 is 15.9 Å². The molecule has 1 aromatic heterocycles. The lowest BCUT2D eigenvalue weighted by atomic mass is 10.2. The molecule has 2 aromatic rings. The van der Waals surface area contributed by atoms with Crippen molar-refractivity contribution in [3.05, 3.63) is 68.3 Å². The van der Waals surface area contributed by atoms with Gasteiger partial charge < -0.3 is 9.67 Å². The molecule has 0 aliphatic heterocycles. The topological polar surface area (TPSA) is 59.3 Å². The van der Waals surface area contributed by atoms with E-state index in [-0.39, 0.29) is 12.1 Å². The summed E-state index contributed by atoms with van der Waals surface area (Å²) in [5.74, 6) is -1.70. The number of carboxylic acids is 1. The lowest BCUT2D eigenvalue weighted by Gasteiger charge is -2.07. The summed E-state index contributed by atoms with van der Waals surface area (Å²) in [5, 5.41) is 8.86. The van der Waals surface area contributed by atoms with Crippen molar-refractivity contribution in [2.24, 2.45) is 0 Å². The first kappa shape index (κ1) is 13.5. The molecule has 0 unspecified atom stereocenters. The van der Waals surface area contributed by atoms with Gasteiger partial charge in [-0.3, -0.25) is 4.79 Å². The van der Waals surface area contributed by atoms with Gasteiger partial charge in [-0.15, -0.1) is 0 Å². The van der Waals surface area contributed by atoms with Crippen LogP contribution < -0.4 is 5.56 Å². The van der Waals surface area contributed by atoms with Crippen LogP contribution in [0.3, 0.4) is 0 Å². The number of hydrogen-bond donors (Lipinski definition) is 1. The molecule has 19 heavy (non-hydrogen) atoms. The number of rotatable bonds is 3. The van der Waals surface area contributed by atoms with Crippen LogP contribution in [0.1, 0.15) is 15.9 Å². The van der Waals surface area contributed by atoms with E-state index in [9.17, 15) is 14.0 Å². The second-order valence-electron chi connectivity index (χ2n) is 3.94. The highest BCUT2D eigenvalue weighted by Gasteiger charge is 2.10. The maximum Gasteiger partial charge on any atom is 0.341 e. The van der Waals surface area contributed by atoms with Crippen molar-refractivity contribution >= 4 is 21.9 Å². The van der Waals surface area contributed by atoms with E-state index in [0.29, 0.717) is 10.0 Å². The number of hydrogen-bond acceptors (Lipinski definition) is 2. The van der Waals surface area contributed by atoms with Crippen molar-refractivity contribution in [1.29, 1.82) is 0 Å². The van der Waals surface area contributed by atoms with Gasteiger partial charge in [-0.2, -0.15) is 0 Å². The smallest absolute Gasteiger partial charge is 0.341 e. The molecule has 0 spiro atoms. The Hall–Kier alpha value is -1.95. The van der Waals surface area contributed by atoms with E-state index < -0.39 is 17.3 Å². The van der Waals surface area contributed by atoms with Crippen molar-refractivity contribution in [2.45, 2.75) is 6.54 Å². The molecule has 0 aliphatic carbocycles. The summed E-state index contributed by atoms with van der Waals surface area (Å²) >= 11 is 3.16. The van der Waals surface area contributed by atoms with Crippen molar-refractivity contribution in [2.75, 3.05) is 0 Å². The summed E-state index contributed by atoms with van der Waals surface area (Å²) in [6, 6.07) is 6.98. The zero-order valence-corrected chi connectivity index (χ0v) is 11.2. The van der Waals surface area contributed by atoms with Gasteiger partial charge in [0.05, 0.1) is 6.54 Å². The number of aromatic nitrogens is 1. The van der Waals surface area contributed by atoms with E-state index in [1.165, 1.54) is 35.0 Å². The maximum atomic E-state index is 13.2. The summed E-state index contributed by atoms with van der Waals surface area (Å²) in [6.07, 6.45) is 1.47. The quantitative estimate of drug-likeness (QED) is 0.943. The predicted octanol–water partition coefficient (Wildman–Crippen LogP) is 2.50. The molecule has 0 fully saturated rings. The SMILES string of the molecule is O=C(O)c1cccn(Cc2cc(F)cc(Br)c2)c1=O. The number of carbonyl (C=O) groups is 1. The number of carboxylic acid groups (broad SMARTS) is 1. The monoisotopic (exact) mass is 325 g/mol. The standard InChI is InChI=1S/C13H9BrFNO3/c14-9-4-8(5-10(15)6-9)7-16-3-1-2-11(12(16)17)13(18)19/h1-6H,7H2,(H,18,19). The molecule has 1 heterocycles. The Balaban J connectivity index is 2.41. The average molecular weight is 326 g/mol. The Bertz CT molecular complexity index is 676. The molecule has 2 rings (SSSR count). The van der Waals surface area contributed by atoms with E-state index in [2.05, 4.69) is 15.9 Å². The number of halogens is 2. The molecular formula is C13H9BrFNO3. The van der Waals surface area contributed by atoms with E-state index in [1.807, 2.05) is 0 Å².